The van der Waals surface area contributed by atoms with Gasteiger partial charge < -0.3 is 9.47 Å². The molecule has 6 nitrogen and oxygen atoms in total. The van der Waals surface area contributed by atoms with E-state index in [-0.39, 0.29) is 10.9 Å². The maximum absolute atomic E-state index is 12.6. The Balaban J connectivity index is 2.00. The molecular weight excluding hydrogens is 306 g/mol. The summed E-state index contributed by atoms with van der Waals surface area (Å²) in [5, 5.41) is 0. The third-order valence-corrected chi connectivity index (χ3v) is 6.10. The third-order valence-electron chi connectivity index (χ3n) is 4.21. The van der Waals surface area contributed by atoms with E-state index in [0.717, 1.165) is 12.8 Å². The maximum atomic E-state index is 12.6. The van der Waals surface area contributed by atoms with Crippen LogP contribution in [0.15, 0.2) is 23.1 Å². The molecule has 0 unspecified atom stereocenters. The van der Waals surface area contributed by atoms with E-state index in [0.29, 0.717) is 37.4 Å². The number of carbonyl (C=O) groups is 1. The number of sulfonamides is 1. The van der Waals surface area contributed by atoms with E-state index in [2.05, 4.69) is 0 Å². The second-order valence-electron chi connectivity index (χ2n) is 5.52. The Bertz CT molecular complexity index is 679. The zero-order valence-electron chi connectivity index (χ0n) is 12.4. The Morgan fingerprint density at radius 2 is 2.05 bits per heavy atom. The van der Waals surface area contributed by atoms with Crippen molar-refractivity contribution < 1.29 is 22.7 Å². The van der Waals surface area contributed by atoms with Crippen LogP contribution < -0.4 is 4.74 Å². The van der Waals surface area contributed by atoms with Gasteiger partial charge in [0.05, 0.1) is 24.5 Å². The summed E-state index contributed by atoms with van der Waals surface area (Å²) in [6.45, 7) is 1.53. The molecule has 2 heterocycles. The molecular formula is C15H19NO5S. The largest absolute Gasteiger partial charge is 0.493 e. The average Bonchev–Trinajstić information content (AvgIpc) is 3.08. The second-order valence-corrected chi connectivity index (χ2v) is 7.46. The van der Waals surface area contributed by atoms with Crippen LogP contribution in [0.5, 0.6) is 5.75 Å². The summed E-state index contributed by atoms with van der Waals surface area (Å²) >= 11 is 0. The lowest BCUT2D eigenvalue weighted by Crippen LogP contribution is -2.28. The predicted octanol–water partition coefficient (Wildman–Crippen LogP) is 1.51. The standard InChI is InChI=1S/C15H19NO5S/c1-20-15(17)12-6-9-21-14-5-4-11(10-13(12)14)22(18,19)16-7-2-3-8-16/h4-5,10,12H,2-3,6-9H2,1H3/t12-/m0/s1. The van der Waals surface area contributed by atoms with Crippen molar-refractivity contribution in [2.45, 2.75) is 30.1 Å². The van der Waals surface area contributed by atoms with Crippen LogP contribution >= 0.6 is 0 Å². The molecule has 0 aromatic heterocycles. The van der Waals surface area contributed by atoms with E-state index in [1.807, 2.05) is 0 Å². The van der Waals surface area contributed by atoms with Gasteiger partial charge in [0.2, 0.25) is 10.0 Å². The van der Waals surface area contributed by atoms with Gasteiger partial charge in [-0.15, -0.1) is 0 Å². The fourth-order valence-corrected chi connectivity index (χ4v) is 4.55. The Morgan fingerprint density at radius 1 is 1.32 bits per heavy atom. The number of ether oxygens (including phenoxy) is 2. The van der Waals surface area contributed by atoms with Crippen LogP contribution in [0.25, 0.3) is 0 Å². The number of hydrogen-bond donors (Lipinski definition) is 0. The van der Waals surface area contributed by atoms with Gasteiger partial charge in [-0.25, -0.2) is 8.42 Å². The van der Waals surface area contributed by atoms with Crippen molar-refractivity contribution >= 4 is 16.0 Å². The van der Waals surface area contributed by atoms with Gasteiger partial charge in [-0.1, -0.05) is 0 Å². The minimum absolute atomic E-state index is 0.215. The smallest absolute Gasteiger partial charge is 0.313 e. The van der Waals surface area contributed by atoms with Crippen molar-refractivity contribution in [2.24, 2.45) is 0 Å². The van der Waals surface area contributed by atoms with E-state index in [9.17, 15) is 13.2 Å². The average molecular weight is 325 g/mol. The summed E-state index contributed by atoms with van der Waals surface area (Å²) in [6, 6.07) is 4.74. The number of fused-ring (bicyclic) bond motifs is 1. The van der Waals surface area contributed by atoms with Gasteiger partial charge in [0.1, 0.15) is 5.75 Å². The van der Waals surface area contributed by atoms with Gasteiger partial charge in [-0.3, -0.25) is 4.79 Å². The van der Waals surface area contributed by atoms with Gasteiger partial charge in [-0.2, -0.15) is 4.31 Å². The lowest BCUT2D eigenvalue weighted by atomic mass is 9.93. The molecule has 120 valence electrons. The van der Waals surface area contributed by atoms with E-state index >= 15 is 0 Å². The minimum atomic E-state index is -3.50. The van der Waals surface area contributed by atoms with E-state index < -0.39 is 15.9 Å². The van der Waals surface area contributed by atoms with Crippen LogP contribution in [0.1, 0.15) is 30.7 Å². The Hall–Kier alpha value is -1.60. The molecule has 0 spiro atoms. The molecule has 0 bridgehead atoms. The highest BCUT2D eigenvalue weighted by molar-refractivity contribution is 7.89. The number of methoxy groups -OCH3 is 1. The fraction of sp³-hybridized carbons (Fsp3) is 0.533. The van der Waals surface area contributed by atoms with E-state index in [1.54, 1.807) is 18.2 Å². The van der Waals surface area contributed by atoms with Crippen molar-refractivity contribution in [2.75, 3.05) is 26.8 Å². The molecule has 3 rings (SSSR count). The van der Waals surface area contributed by atoms with Crippen LogP contribution in [0.3, 0.4) is 0 Å². The molecule has 22 heavy (non-hydrogen) atoms. The molecule has 0 aliphatic carbocycles. The van der Waals surface area contributed by atoms with Crippen molar-refractivity contribution in [3.63, 3.8) is 0 Å². The highest BCUT2D eigenvalue weighted by Crippen LogP contribution is 2.36. The molecule has 0 radical (unpaired) electrons. The normalized spacial score (nSPS) is 22.0. The fourth-order valence-electron chi connectivity index (χ4n) is 3.00. The summed E-state index contributed by atoms with van der Waals surface area (Å²) in [5.74, 6) is -0.273. The first-order valence-corrected chi connectivity index (χ1v) is 8.83. The summed E-state index contributed by atoms with van der Waals surface area (Å²) < 4.78 is 37.1. The molecule has 1 saturated heterocycles. The molecule has 1 atom stereocenters. The van der Waals surface area contributed by atoms with Gasteiger partial charge in [0, 0.05) is 18.7 Å². The van der Waals surface area contributed by atoms with E-state index in [4.69, 9.17) is 9.47 Å². The number of esters is 1. The predicted molar refractivity (Wildman–Crippen MR) is 79.3 cm³/mol. The van der Waals surface area contributed by atoms with Crippen molar-refractivity contribution in [1.82, 2.24) is 4.31 Å². The van der Waals surface area contributed by atoms with Crippen LogP contribution in [0.4, 0.5) is 0 Å². The Kier molecular flexibility index (Phi) is 4.10. The first-order chi connectivity index (χ1) is 10.5. The van der Waals surface area contributed by atoms with Gasteiger partial charge in [0.15, 0.2) is 0 Å². The summed E-state index contributed by atoms with van der Waals surface area (Å²) in [6.07, 6.45) is 2.27. The van der Waals surface area contributed by atoms with Gasteiger partial charge in [-0.05, 0) is 37.5 Å². The Labute approximate surface area is 130 Å². The zero-order valence-corrected chi connectivity index (χ0v) is 13.3. The number of benzene rings is 1. The zero-order chi connectivity index (χ0) is 15.7. The van der Waals surface area contributed by atoms with Crippen LogP contribution in [0, 0.1) is 0 Å². The second kappa shape index (κ2) is 5.89. The monoisotopic (exact) mass is 325 g/mol. The molecule has 1 aromatic carbocycles. The molecule has 1 aromatic rings. The van der Waals surface area contributed by atoms with Crippen LogP contribution in [-0.2, 0) is 19.6 Å². The highest BCUT2D eigenvalue weighted by atomic mass is 32.2. The lowest BCUT2D eigenvalue weighted by molar-refractivity contribution is -0.143. The quantitative estimate of drug-likeness (QED) is 0.788. The maximum Gasteiger partial charge on any atom is 0.313 e. The Morgan fingerprint density at radius 3 is 2.73 bits per heavy atom. The molecule has 0 amide bonds. The number of hydrogen-bond acceptors (Lipinski definition) is 5. The van der Waals surface area contributed by atoms with Gasteiger partial charge >= 0.3 is 5.97 Å². The minimum Gasteiger partial charge on any atom is -0.493 e. The first kappa shape index (κ1) is 15.3. The molecule has 1 fully saturated rings. The lowest BCUT2D eigenvalue weighted by Gasteiger charge is -2.25. The molecule has 2 aliphatic rings. The molecule has 0 saturated carbocycles. The summed E-state index contributed by atoms with van der Waals surface area (Å²) in [7, 11) is -2.17. The molecule has 2 aliphatic heterocycles. The molecule has 0 N–H and O–H groups in total. The van der Waals surface area contributed by atoms with E-state index in [1.165, 1.54) is 11.4 Å². The van der Waals surface area contributed by atoms with Crippen LogP contribution in [-0.4, -0.2) is 45.5 Å². The van der Waals surface area contributed by atoms with Crippen molar-refractivity contribution in [1.29, 1.82) is 0 Å². The highest BCUT2D eigenvalue weighted by Gasteiger charge is 2.32. The van der Waals surface area contributed by atoms with Crippen LogP contribution in [0.2, 0.25) is 0 Å². The molecule has 7 heteroatoms. The van der Waals surface area contributed by atoms with Crippen molar-refractivity contribution in [3.8, 4) is 5.75 Å². The number of nitrogens with zero attached hydrogens (tertiary/aromatic N) is 1. The summed E-state index contributed by atoms with van der Waals surface area (Å²) in [4.78, 5) is 12.1. The number of carbonyl (C=O) groups excluding carboxylic acids is 1. The van der Waals surface area contributed by atoms with Crippen molar-refractivity contribution in [3.05, 3.63) is 23.8 Å². The third kappa shape index (κ3) is 2.59. The first-order valence-electron chi connectivity index (χ1n) is 7.39. The summed E-state index contributed by atoms with van der Waals surface area (Å²) in [5.41, 5.74) is 0.596. The topological polar surface area (TPSA) is 72.9 Å². The SMILES string of the molecule is COC(=O)[C@H]1CCOc2ccc(S(=O)(=O)N3CCCC3)cc21. The number of rotatable bonds is 3. The van der Waals surface area contributed by atoms with Gasteiger partial charge in [0.25, 0.3) is 0 Å².